The van der Waals surface area contributed by atoms with E-state index in [2.05, 4.69) is 0 Å². The van der Waals surface area contributed by atoms with Crippen LogP contribution in [-0.4, -0.2) is 57.0 Å². The van der Waals surface area contributed by atoms with E-state index in [0.29, 0.717) is 31.9 Å². The molecule has 0 N–H and O–H groups in total. The van der Waals surface area contributed by atoms with Crippen LogP contribution in [0.1, 0.15) is 38.5 Å². The van der Waals surface area contributed by atoms with Gasteiger partial charge in [-0.25, -0.2) is 8.42 Å². The fraction of sp³-hybridized carbons (Fsp3) is 0.667. The van der Waals surface area contributed by atoms with Gasteiger partial charge in [-0.05, 0) is 37.8 Å². The summed E-state index contributed by atoms with van der Waals surface area (Å²) in [5.41, 5.74) is 0.219. The van der Waals surface area contributed by atoms with Gasteiger partial charge in [0.1, 0.15) is 5.69 Å². The second kappa shape index (κ2) is 8.53. The lowest BCUT2D eigenvalue weighted by Crippen LogP contribution is -2.32. The zero-order valence-corrected chi connectivity index (χ0v) is 16.5. The van der Waals surface area contributed by atoms with E-state index < -0.39 is 14.9 Å². The maximum atomic E-state index is 12.9. The van der Waals surface area contributed by atoms with Crippen LogP contribution in [-0.2, 0) is 14.8 Å². The van der Waals surface area contributed by atoms with Crippen molar-refractivity contribution >= 4 is 21.4 Å². The third kappa shape index (κ3) is 4.59. The molecule has 0 aliphatic carbocycles. The molecule has 0 unspecified atom stereocenters. The van der Waals surface area contributed by atoms with Crippen LogP contribution >= 0.6 is 0 Å². The Kier molecular flexibility index (Phi) is 6.33. The van der Waals surface area contributed by atoms with Gasteiger partial charge in [0, 0.05) is 39.4 Å². The number of hydrogen-bond donors (Lipinski definition) is 0. The minimum absolute atomic E-state index is 0.00892. The van der Waals surface area contributed by atoms with E-state index in [0.717, 1.165) is 38.5 Å². The molecule has 0 radical (unpaired) electrons. The van der Waals surface area contributed by atoms with Gasteiger partial charge < -0.3 is 9.64 Å². The summed E-state index contributed by atoms with van der Waals surface area (Å²) < 4.78 is 32.9. The molecule has 1 aromatic rings. The van der Waals surface area contributed by atoms with E-state index in [1.54, 1.807) is 11.9 Å². The molecule has 0 amide bonds. The summed E-state index contributed by atoms with van der Waals surface area (Å²) in [5.74, 6) is 0. The Morgan fingerprint density at radius 3 is 2.52 bits per heavy atom. The van der Waals surface area contributed by atoms with Crippen LogP contribution in [0, 0.1) is 10.1 Å². The summed E-state index contributed by atoms with van der Waals surface area (Å²) >= 11 is 0. The lowest BCUT2D eigenvalue weighted by atomic mass is 10.2. The predicted octanol–water partition coefficient (Wildman–Crippen LogP) is 2.77. The zero-order valence-electron chi connectivity index (χ0n) is 15.7. The molecule has 150 valence electrons. The summed E-state index contributed by atoms with van der Waals surface area (Å²) in [6.45, 7) is 2.19. The van der Waals surface area contributed by atoms with Crippen molar-refractivity contribution in [2.75, 3.05) is 38.2 Å². The lowest BCUT2D eigenvalue weighted by molar-refractivity contribution is -0.384. The predicted molar refractivity (Wildman–Crippen MR) is 103 cm³/mol. The Bertz CT molecular complexity index is 769. The smallest absolute Gasteiger partial charge is 0.293 e. The molecule has 0 bridgehead atoms. The van der Waals surface area contributed by atoms with Gasteiger partial charge in [0.15, 0.2) is 0 Å². The molecule has 0 spiro atoms. The molecule has 2 aliphatic heterocycles. The first kappa shape index (κ1) is 20.0. The van der Waals surface area contributed by atoms with Crippen molar-refractivity contribution in [3.8, 4) is 0 Å². The highest BCUT2D eigenvalue weighted by Gasteiger charge is 2.29. The quantitative estimate of drug-likeness (QED) is 0.541. The Balaban J connectivity index is 1.87. The third-order valence-electron chi connectivity index (χ3n) is 5.26. The van der Waals surface area contributed by atoms with Gasteiger partial charge in [0.25, 0.3) is 5.69 Å². The van der Waals surface area contributed by atoms with Crippen LogP contribution in [0.15, 0.2) is 23.1 Å². The average molecular weight is 397 g/mol. The Labute approximate surface area is 160 Å². The Hall–Kier alpha value is -1.71. The summed E-state index contributed by atoms with van der Waals surface area (Å²) in [6.07, 6.45) is 5.65. The molecule has 9 heteroatoms. The highest BCUT2D eigenvalue weighted by molar-refractivity contribution is 7.89. The van der Waals surface area contributed by atoms with Crippen LogP contribution < -0.4 is 4.90 Å². The number of sulfonamides is 1. The standard InChI is InChI=1S/C18H27N3O5S/c1-19(14-15-7-6-12-26-15)17-9-8-16(13-18(17)21(22)23)27(24,25)20-10-4-2-3-5-11-20/h8-9,13,15H,2-7,10-12,14H2,1H3/t15-/m0/s1. The summed E-state index contributed by atoms with van der Waals surface area (Å²) in [5, 5.41) is 11.6. The van der Waals surface area contributed by atoms with Crippen molar-refractivity contribution in [3.63, 3.8) is 0 Å². The highest BCUT2D eigenvalue weighted by Crippen LogP contribution is 2.32. The number of nitrogens with zero attached hydrogens (tertiary/aromatic N) is 3. The number of nitro groups is 1. The van der Waals surface area contributed by atoms with E-state index in [9.17, 15) is 18.5 Å². The van der Waals surface area contributed by atoms with Crippen molar-refractivity contribution in [1.29, 1.82) is 0 Å². The maximum absolute atomic E-state index is 12.9. The van der Waals surface area contributed by atoms with Crippen LogP contribution in [0.5, 0.6) is 0 Å². The summed E-state index contributed by atoms with van der Waals surface area (Å²) in [4.78, 5) is 12.9. The van der Waals surface area contributed by atoms with Crippen LogP contribution in [0.2, 0.25) is 0 Å². The van der Waals surface area contributed by atoms with E-state index >= 15 is 0 Å². The lowest BCUT2D eigenvalue weighted by Gasteiger charge is -2.24. The van der Waals surface area contributed by atoms with Crippen LogP contribution in [0.4, 0.5) is 11.4 Å². The van der Waals surface area contributed by atoms with E-state index in [1.165, 1.54) is 22.5 Å². The molecule has 3 rings (SSSR count). The highest BCUT2D eigenvalue weighted by atomic mass is 32.2. The van der Waals surface area contributed by atoms with Gasteiger partial charge in [0.2, 0.25) is 10.0 Å². The van der Waals surface area contributed by atoms with Crippen LogP contribution in [0.25, 0.3) is 0 Å². The first-order valence-corrected chi connectivity index (χ1v) is 10.9. The summed E-state index contributed by atoms with van der Waals surface area (Å²) in [6, 6.07) is 4.22. The fourth-order valence-corrected chi connectivity index (χ4v) is 5.29. The van der Waals surface area contributed by atoms with Gasteiger partial charge in [-0.15, -0.1) is 0 Å². The largest absolute Gasteiger partial charge is 0.376 e. The molecule has 2 aliphatic rings. The topological polar surface area (TPSA) is 93.0 Å². The van der Waals surface area contributed by atoms with Crippen molar-refractivity contribution < 1.29 is 18.1 Å². The summed E-state index contributed by atoms with van der Waals surface area (Å²) in [7, 11) is -1.95. The molecule has 8 nitrogen and oxygen atoms in total. The average Bonchev–Trinajstić information content (AvgIpc) is 2.99. The first-order valence-electron chi connectivity index (χ1n) is 9.51. The number of nitro benzene ring substituents is 1. The molecular weight excluding hydrogens is 370 g/mol. The molecule has 2 heterocycles. The van der Waals surface area contributed by atoms with Crippen molar-refractivity contribution in [2.45, 2.75) is 49.5 Å². The normalized spacial score (nSPS) is 21.7. The van der Waals surface area contributed by atoms with Gasteiger partial charge in [-0.2, -0.15) is 4.31 Å². The number of hydrogen-bond acceptors (Lipinski definition) is 6. The number of rotatable bonds is 6. The second-order valence-electron chi connectivity index (χ2n) is 7.24. The third-order valence-corrected chi connectivity index (χ3v) is 7.15. The molecule has 0 aromatic heterocycles. The van der Waals surface area contributed by atoms with Crippen molar-refractivity contribution in [2.24, 2.45) is 0 Å². The number of anilines is 1. The molecular formula is C18H27N3O5S. The maximum Gasteiger partial charge on any atom is 0.293 e. The molecule has 27 heavy (non-hydrogen) atoms. The van der Waals surface area contributed by atoms with Gasteiger partial charge in [-0.3, -0.25) is 10.1 Å². The van der Waals surface area contributed by atoms with E-state index in [4.69, 9.17) is 4.74 Å². The monoisotopic (exact) mass is 397 g/mol. The minimum atomic E-state index is -3.72. The van der Waals surface area contributed by atoms with E-state index in [-0.39, 0.29) is 16.7 Å². The molecule has 1 aromatic carbocycles. The molecule has 0 saturated carbocycles. The van der Waals surface area contributed by atoms with Crippen molar-refractivity contribution in [1.82, 2.24) is 4.31 Å². The Morgan fingerprint density at radius 2 is 1.93 bits per heavy atom. The number of ether oxygens (including phenoxy) is 1. The van der Waals surface area contributed by atoms with Crippen LogP contribution in [0.3, 0.4) is 0 Å². The zero-order chi connectivity index (χ0) is 19.4. The molecule has 2 saturated heterocycles. The fourth-order valence-electron chi connectivity index (χ4n) is 3.76. The SMILES string of the molecule is CN(C[C@@H]1CCCO1)c1ccc(S(=O)(=O)N2CCCCCC2)cc1[N+](=O)[O-]. The van der Waals surface area contributed by atoms with Gasteiger partial charge in [0.05, 0.1) is 15.9 Å². The van der Waals surface area contributed by atoms with E-state index in [1.807, 2.05) is 0 Å². The number of benzene rings is 1. The molecule has 2 fully saturated rings. The minimum Gasteiger partial charge on any atom is -0.376 e. The van der Waals surface area contributed by atoms with Crippen molar-refractivity contribution in [3.05, 3.63) is 28.3 Å². The van der Waals surface area contributed by atoms with Gasteiger partial charge in [-0.1, -0.05) is 12.8 Å². The second-order valence-corrected chi connectivity index (χ2v) is 9.18. The first-order chi connectivity index (χ1) is 12.9. The molecule has 1 atom stereocenters. The number of likely N-dealkylation sites (N-methyl/N-ethyl adjacent to an activating group) is 1. The Morgan fingerprint density at radius 1 is 1.22 bits per heavy atom. The van der Waals surface area contributed by atoms with Gasteiger partial charge >= 0.3 is 0 Å².